The van der Waals surface area contributed by atoms with Gasteiger partial charge in [-0.05, 0) is 37.6 Å². The minimum atomic E-state index is -3.43. The van der Waals surface area contributed by atoms with Crippen LogP contribution in [-0.4, -0.2) is 41.3 Å². The standard InChI is InChI=1S/C20H26N2O5S/c1-15-7-10-17(11-8-15)22(28(4,24)25)13-5-6-20(23)21-16-9-12-18(26-2)19(14-16)27-3/h7-12,14H,5-6,13H2,1-4H3,(H,21,23). The van der Waals surface area contributed by atoms with Crippen molar-refractivity contribution in [3.63, 3.8) is 0 Å². The molecule has 0 atom stereocenters. The largest absolute Gasteiger partial charge is 0.493 e. The van der Waals surface area contributed by atoms with E-state index >= 15 is 0 Å². The molecule has 2 aromatic carbocycles. The average molecular weight is 407 g/mol. The highest BCUT2D eigenvalue weighted by Crippen LogP contribution is 2.29. The van der Waals surface area contributed by atoms with Gasteiger partial charge in [0.25, 0.3) is 0 Å². The number of nitrogens with one attached hydrogen (secondary N) is 1. The highest BCUT2D eigenvalue weighted by molar-refractivity contribution is 7.92. The van der Waals surface area contributed by atoms with Gasteiger partial charge in [-0.1, -0.05) is 17.7 Å². The Hall–Kier alpha value is -2.74. The molecule has 7 nitrogen and oxygen atoms in total. The molecular formula is C20H26N2O5S. The minimum absolute atomic E-state index is 0.187. The first kappa shape index (κ1) is 21.6. The molecule has 0 aromatic heterocycles. The molecular weight excluding hydrogens is 380 g/mol. The quantitative estimate of drug-likeness (QED) is 0.691. The lowest BCUT2D eigenvalue weighted by molar-refractivity contribution is -0.116. The highest BCUT2D eigenvalue weighted by Gasteiger charge is 2.17. The summed E-state index contributed by atoms with van der Waals surface area (Å²) in [6, 6.07) is 12.3. The van der Waals surface area contributed by atoms with Crippen molar-refractivity contribution >= 4 is 27.3 Å². The summed E-state index contributed by atoms with van der Waals surface area (Å²) < 4.78 is 35.9. The predicted octanol–water partition coefficient (Wildman–Crippen LogP) is 3.20. The maximum atomic E-state index is 12.2. The first-order chi connectivity index (χ1) is 13.2. The lowest BCUT2D eigenvalue weighted by atomic mass is 10.2. The van der Waals surface area contributed by atoms with Gasteiger partial charge in [0, 0.05) is 24.7 Å². The minimum Gasteiger partial charge on any atom is -0.493 e. The fraction of sp³-hybridized carbons (Fsp3) is 0.350. The van der Waals surface area contributed by atoms with E-state index in [1.807, 2.05) is 19.1 Å². The van der Waals surface area contributed by atoms with Gasteiger partial charge in [0.15, 0.2) is 11.5 Å². The topological polar surface area (TPSA) is 84.9 Å². The van der Waals surface area contributed by atoms with Gasteiger partial charge < -0.3 is 14.8 Å². The van der Waals surface area contributed by atoms with Crippen LogP contribution >= 0.6 is 0 Å². The van der Waals surface area contributed by atoms with Gasteiger partial charge in [-0.2, -0.15) is 0 Å². The summed E-state index contributed by atoms with van der Waals surface area (Å²) in [5.74, 6) is 0.884. The molecule has 0 saturated carbocycles. The number of ether oxygens (including phenoxy) is 2. The number of hydrogen-bond acceptors (Lipinski definition) is 5. The SMILES string of the molecule is COc1ccc(NC(=O)CCCN(c2ccc(C)cc2)S(C)(=O)=O)cc1OC. The number of sulfonamides is 1. The normalized spacial score (nSPS) is 11.0. The van der Waals surface area contributed by atoms with Crippen molar-refractivity contribution in [3.05, 3.63) is 48.0 Å². The van der Waals surface area contributed by atoms with E-state index in [1.165, 1.54) is 18.5 Å². The molecule has 1 N–H and O–H groups in total. The van der Waals surface area contributed by atoms with E-state index in [4.69, 9.17) is 9.47 Å². The summed E-state index contributed by atoms with van der Waals surface area (Å²) in [5, 5.41) is 2.79. The molecule has 1 amide bonds. The van der Waals surface area contributed by atoms with Crippen LogP contribution < -0.4 is 19.1 Å². The fourth-order valence-corrected chi connectivity index (χ4v) is 3.68. The monoisotopic (exact) mass is 406 g/mol. The maximum absolute atomic E-state index is 12.2. The van der Waals surface area contributed by atoms with Crippen LogP contribution in [0.2, 0.25) is 0 Å². The van der Waals surface area contributed by atoms with Gasteiger partial charge in [0.2, 0.25) is 15.9 Å². The molecule has 28 heavy (non-hydrogen) atoms. The van der Waals surface area contributed by atoms with Crippen molar-refractivity contribution in [2.24, 2.45) is 0 Å². The number of rotatable bonds is 9. The molecule has 0 unspecified atom stereocenters. The number of nitrogens with zero attached hydrogens (tertiary/aromatic N) is 1. The maximum Gasteiger partial charge on any atom is 0.232 e. The summed E-state index contributed by atoms with van der Waals surface area (Å²) in [7, 11) is -0.372. The third-order valence-corrected chi connectivity index (χ3v) is 5.35. The van der Waals surface area contributed by atoms with Crippen molar-refractivity contribution in [3.8, 4) is 11.5 Å². The second-order valence-electron chi connectivity index (χ2n) is 6.39. The van der Waals surface area contributed by atoms with Crippen molar-refractivity contribution in [1.29, 1.82) is 0 Å². The lowest BCUT2D eigenvalue weighted by Crippen LogP contribution is -2.31. The molecule has 0 fully saturated rings. The smallest absolute Gasteiger partial charge is 0.232 e. The Morgan fingerprint density at radius 2 is 1.68 bits per heavy atom. The predicted molar refractivity (Wildman–Crippen MR) is 111 cm³/mol. The molecule has 0 saturated heterocycles. The second-order valence-corrected chi connectivity index (χ2v) is 8.30. The number of benzene rings is 2. The molecule has 2 aromatic rings. The Labute approximate surface area is 166 Å². The van der Waals surface area contributed by atoms with Crippen molar-refractivity contribution in [2.45, 2.75) is 19.8 Å². The summed E-state index contributed by atoms with van der Waals surface area (Å²) >= 11 is 0. The van der Waals surface area contributed by atoms with Crippen molar-refractivity contribution in [2.75, 3.05) is 36.6 Å². The van der Waals surface area contributed by atoms with Gasteiger partial charge in [0.05, 0.1) is 26.2 Å². The summed E-state index contributed by atoms with van der Waals surface area (Å²) in [4.78, 5) is 12.2. The van der Waals surface area contributed by atoms with E-state index in [2.05, 4.69) is 5.32 Å². The Balaban J connectivity index is 1.96. The molecule has 0 aliphatic rings. The Kier molecular flexibility index (Phi) is 7.28. The van der Waals surface area contributed by atoms with Crippen molar-refractivity contribution < 1.29 is 22.7 Å². The number of carbonyl (C=O) groups is 1. The number of aryl methyl sites for hydroxylation is 1. The summed E-state index contributed by atoms with van der Waals surface area (Å²) in [5.41, 5.74) is 2.22. The zero-order chi connectivity index (χ0) is 20.7. The average Bonchev–Trinajstić information content (AvgIpc) is 2.65. The molecule has 152 valence electrons. The fourth-order valence-electron chi connectivity index (χ4n) is 2.72. The van der Waals surface area contributed by atoms with Crippen LogP contribution in [0.5, 0.6) is 11.5 Å². The Morgan fingerprint density at radius 3 is 2.25 bits per heavy atom. The third kappa shape index (κ3) is 5.88. The van der Waals surface area contributed by atoms with Gasteiger partial charge >= 0.3 is 0 Å². The van der Waals surface area contributed by atoms with Gasteiger partial charge in [-0.25, -0.2) is 8.42 Å². The van der Waals surface area contributed by atoms with Gasteiger partial charge in [-0.15, -0.1) is 0 Å². The number of amides is 1. The van der Waals surface area contributed by atoms with Crippen LogP contribution in [0, 0.1) is 6.92 Å². The number of hydrogen-bond donors (Lipinski definition) is 1. The van der Waals surface area contributed by atoms with E-state index in [-0.39, 0.29) is 18.9 Å². The van der Waals surface area contributed by atoms with Crippen LogP contribution in [-0.2, 0) is 14.8 Å². The first-order valence-electron chi connectivity index (χ1n) is 8.81. The van der Waals surface area contributed by atoms with E-state index in [1.54, 1.807) is 30.3 Å². The molecule has 0 bridgehead atoms. The number of anilines is 2. The number of methoxy groups -OCH3 is 2. The van der Waals surface area contributed by atoms with Crippen LogP contribution in [0.25, 0.3) is 0 Å². The third-order valence-electron chi connectivity index (χ3n) is 4.15. The lowest BCUT2D eigenvalue weighted by Gasteiger charge is -2.22. The van der Waals surface area contributed by atoms with Crippen LogP contribution in [0.15, 0.2) is 42.5 Å². The molecule has 0 aliphatic heterocycles. The van der Waals surface area contributed by atoms with E-state index in [9.17, 15) is 13.2 Å². The first-order valence-corrected chi connectivity index (χ1v) is 10.7. The highest BCUT2D eigenvalue weighted by atomic mass is 32.2. The molecule has 2 rings (SSSR count). The zero-order valence-electron chi connectivity index (χ0n) is 16.6. The van der Waals surface area contributed by atoms with E-state index in [0.717, 1.165) is 11.8 Å². The molecule has 8 heteroatoms. The Bertz CT molecular complexity index is 911. The molecule has 0 aliphatic carbocycles. The van der Waals surface area contributed by atoms with Gasteiger partial charge in [-0.3, -0.25) is 9.10 Å². The van der Waals surface area contributed by atoms with E-state index in [0.29, 0.717) is 29.3 Å². The second kappa shape index (κ2) is 9.45. The van der Waals surface area contributed by atoms with Crippen LogP contribution in [0.4, 0.5) is 11.4 Å². The zero-order valence-corrected chi connectivity index (χ0v) is 17.4. The molecule has 0 spiro atoms. The van der Waals surface area contributed by atoms with Crippen LogP contribution in [0.3, 0.4) is 0 Å². The molecule has 0 heterocycles. The van der Waals surface area contributed by atoms with E-state index < -0.39 is 10.0 Å². The molecule has 0 radical (unpaired) electrons. The number of carbonyl (C=O) groups excluding carboxylic acids is 1. The summed E-state index contributed by atoms with van der Waals surface area (Å²) in [6.07, 6.45) is 1.74. The van der Waals surface area contributed by atoms with Gasteiger partial charge in [0.1, 0.15) is 0 Å². The van der Waals surface area contributed by atoms with Crippen molar-refractivity contribution in [1.82, 2.24) is 0 Å². The van der Waals surface area contributed by atoms with Crippen LogP contribution in [0.1, 0.15) is 18.4 Å². The summed E-state index contributed by atoms with van der Waals surface area (Å²) in [6.45, 7) is 2.16. The Morgan fingerprint density at radius 1 is 1.04 bits per heavy atom.